The number of halogens is 1. The van der Waals surface area contributed by atoms with Gasteiger partial charge in [0, 0.05) is 0 Å². The minimum absolute atomic E-state index is 0.0546. The number of benzene rings is 1. The van der Waals surface area contributed by atoms with Gasteiger partial charge in [-0.25, -0.2) is 4.39 Å². The van der Waals surface area contributed by atoms with Crippen molar-refractivity contribution in [3.8, 4) is 6.07 Å². The minimum Gasteiger partial charge on any atom is -0.323 e. The van der Waals surface area contributed by atoms with Crippen LogP contribution in [0.15, 0.2) is 28.0 Å². The molecule has 0 aliphatic heterocycles. The summed E-state index contributed by atoms with van der Waals surface area (Å²) >= 11 is 2.87. The lowest BCUT2D eigenvalue weighted by Gasteiger charge is -2.04. The summed E-state index contributed by atoms with van der Waals surface area (Å²) in [6.07, 6.45) is 1.73. The monoisotopic (exact) mass is 321 g/mol. The second-order valence-corrected chi connectivity index (χ2v) is 5.55. The van der Waals surface area contributed by atoms with Crippen LogP contribution in [0.4, 0.5) is 10.1 Å². The predicted molar refractivity (Wildman–Crippen MR) is 83.7 cm³/mol. The summed E-state index contributed by atoms with van der Waals surface area (Å²) in [4.78, 5) is 3.96. The van der Waals surface area contributed by atoms with Crippen molar-refractivity contribution in [3.05, 3.63) is 35.4 Å². The first-order valence-electron chi connectivity index (χ1n) is 6.17. The zero-order chi connectivity index (χ0) is 15.2. The molecule has 0 unspecified atom stereocenters. The van der Waals surface area contributed by atoms with Gasteiger partial charge in [0.2, 0.25) is 0 Å². The van der Waals surface area contributed by atoms with Crippen molar-refractivity contribution >= 4 is 39.9 Å². The van der Waals surface area contributed by atoms with E-state index in [0.29, 0.717) is 11.2 Å². The molecule has 2 heterocycles. The van der Waals surface area contributed by atoms with E-state index in [4.69, 9.17) is 5.26 Å². The van der Waals surface area contributed by atoms with Crippen molar-refractivity contribution in [1.82, 2.24) is 15.2 Å². The summed E-state index contributed by atoms with van der Waals surface area (Å²) in [5, 5.41) is 15.6. The largest absolute Gasteiger partial charge is 0.323 e. The maximum Gasteiger partial charge on any atom is 0.173 e. The molecule has 0 amide bonds. The molecule has 0 aliphatic carbocycles. The summed E-state index contributed by atoms with van der Waals surface area (Å²) in [6, 6.07) is 4.78. The third-order valence-electron chi connectivity index (χ3n) is 2.45. The molecule has 0 saturated heterocycles. The maximum absolute atomic E-state index is 13.7. The molecule has 5 nitrogen and oxygen atoms in total. The van der Waals surface area contributed by atoms with E-state index in [9.17, 15) is 4.39 Å². The minimum atomic E-state index is -0.464. The van der Waals surface area contributed by atoms with Gasteiger partial charge in [-0.15, -0.1) is 11.3 Å². The van der Waals surface area contributed by atoms with Crippen LogP contribution in [0.1, 0.15) is 19.5 Å². The van der Waals surface area contributed by atoms with Crippen molar-refractivity contribution in [1.29, 1.82) is 5.26 Å². The summed E-state index contributed by atoms with van der Waals surface area (Å²) < 4.78 is 17.8. The molecule has 0 bridgehead atoms. The van der Waals surface area contributed by atoms with Crippen LogP contribution in [0.5, 0.6) is 0 Å². The van der Waals surface area contributed by atoms with Crippen LogP contribution in [0.2, 0.25) is 0 Å². The van der Waals surface area contributed by atoms with E-state index in [2.05, 4.69) is 19.9 Å². The van der Waals surface area contributed by atoms with Gasteiger partial charge < -0.3 is 4.72 Å². The van der Waals surface area contributed by atoms with E-state index in [1.807, 2.05) is 19.9 Å². The van der Waals surface area contributed by atoms with Gasteiger partial charge in [-0.2, -0.15) is 10.4 Å². The molecule has 0 fully saturated rings. The number of fused-ring (bicyclic) bond motifs is 1. The van der Waals surface area contributed by atoms with Gasteiger partial charge in [0.25, 0.3) is 0 Å². The molecule has 0 spiro atoms. The Labute approximate surface area is 129 Å². The normalized spacial score (nSPS) is 9.81. The molecule has 1 aromatic carbocycles. The van der Waals surface area contributed by atoms with Crippen LogP contribution in [0.3, 0.4) is 0 Å². The Morgan fingerprint density at radius 3 is 2.90 bits per heavy atom. The smallest absolute Gasteiger partial charge is 0.173 e. The lowest BCUT2D eigenvalue weighted by Crippen LogP contribution is -1.89. The number of nitrogens with one attached hydrogen (secondary N) is 2. The van der Waals surface area contributed by atoms with E-state index in [1.165, 1.54) is 29.4 Å². The molecule has 8 heteroatoms. The van der Waals surface area contributed by atoms with Crippen molar-refractivity contribution in [2.24, 2.45) is 0 Å². The van der Waals surface area contributed by atoms with Crippen LogP contribution in [-0.4, -0.2) is 15.2 Å². The maximum atomic E-state index is 13.7. The van der Waals surface area contributed by atoms with Crippen molar-refractivity contribution in [3.63, 3.8) is 0 Å². The van der Waals surface area contributed by atoms with Crippen molar-refractivity contribution < 1.29 is 4.39 Å². The second-order valence-electron chi connectivity index (χ2n) is 3.55. The van der Waals surface area contributed by atoms with Gasteiger partial charge in [-0.3, -0.25) is 10.1 Å². The number of anilines is 1. The van der Waals surface area contributed by atoms with Crippen LogP contribution in [0, 0.1) is 17.1 Å². The van der Waals surface area contributed by atoms with Gasteiger partial charge in [0.05, 0.1) is 28.3 Å². The molecule has 2 N–H and O–H groups in total. The first kappa shape index (κ1) is 15.3. The van der Waals surface area contributed by atoms with E-state index >= 15 is 0 Å². The van der Waals surface area contributed by atoms with Gasteiger partial charge in [0.15, 0.2) is 5.69 Å². The van der Waals surface area contributed by atoms with E-state index in [1.54, 1.807) is 17.8 Å². The highest BCUT2D eigenvalue weighted by molar-refractivity contribution is 8.02. The molecule has 3 rings (SSSR count). The predicted octanol–water partition coefficient (Wildman–Crippen LogP) is 4.18. The molecule has 0 atom stereocenters. The Kier molecular flexibility index (Phi) is 5.14. The second kappa shape index (κ2) is 7.06. The molecule has 2 aromatic heterocycles. The zero-order valence-electron chi connectivity index (χ0n) is 11.3. The Bertz CT molecular complexity index is 761. The first-order valence-corrected chi connectivity index (χ1v) is 7.87. The Balaban J connectivity index is 0.000000774. The number of nitriles is 1. The van der Waals surface area contributed by atoms with Crippen LogP contribution in [-0.2, 0) is 0 Å². The molecule has 0 aliphatic rings. The van der Waals surface area contributed by atoms with E-state index in [0.717, 1.165) is 4.21 Å². The zero-order valence-corrected chi connectivity index (χ0v) is 13.0. The molecule has 3 aromatic rings. The highest BCUT2D eigenvalue weighted by atomic mass is 32.2. The Morgan fingerprint density at radius 2 is 2.24 bits per heavy atom. The van der Waals surface area contributed by atoms with Crippen LogP contribution >= 0.6 is 23.3 Å². The quantitative estimate of drug-likeness (QED) is 0.708. The average molecular weight is 321 g/mol. The molecule has 0 radical (unpaired) electrons. The summed E-state index contributed by atoms with van der Waals surface area (Å²) in [5.41, 5.74) is 2.94. The fourth-order valence-corrected chi connectivity index (χ4v) is 2.91. The highest BCUT2D eigenvalue weighted by Crippen LogP contribution is 2.30. The fraction of sp³-hybridized carbons (Fsp3) is 0.154. The number of hydrogen-bond acceptors (Lipinski definition) is 6. The third kappa shape index (κ3) is 3.15. The summed E-state index contributed by atoms with van der Waals surface area (Å²) in [7, 11) is 0. The number of hydrogen-bond donors (Lipinski definition) is 2. The summed E-state index contributed by atoms with van der Waals surface area (Å²) in [5.74, 6) is -0.464. The number of H-pyrrole nitrogens is 1. The number of thiazole rings is 1. The highest BCUT2D eigenvalue weighted by Gasteiger charge is 2.14. The average Bonchev–Trinajstić information content (AvgIpc) is 3.18. The number of nitrogens with zero attached hydrogens (tertiary/aromatic N) is 3. The van der Waals surface area contributed by atoms with Gasteiger partial charge in [-0.1, -0.05) is 13.8 Å². The van der Waals surface area contributed by atoms with Gasteiger partial charge >= 0.3 is 0 Å². The topological polar surface area (TPSA) is 77.4 Å². The molecular formula is C13H12FN5S2. The summed E-state index contributed by atoms with van der Waals surface area (Å²) in [6.45, 7) is 4.00. The lowest BCUT2D eigenvalue weighted by atomic mass is 10.2. The van der Waals surface area contributed by atoms with E-state index < -0.39 is 5.82 Å². The number of aromatic amines is 1. The third-order valence-corrected chi connectivity index (χ3v) is 4.18. The van der Waals surface area contributed by atoms with Gasteiger partial charge in [-0.05, 0) is 24.1 Å². The molecule has 108 valence electrons. The molecular weight excluding hydrogens is 309 g/mol. The lowest BCUT2D eigenvalue weighted by molar-refractivity contribution is 0.640. The number of rotatable bonds is 3. The fourth-order valence-electron chi connectivity index (χ4n) is 1.62. The first-order chi connectivity index (χ1) is 10.3. The van der Waals surface area contributed by atoms with Crippen molar-refractivity contribution in [2.45, 2.75) is 18.1 Å². The molecule has 0 saturated carbocycles. The SMILES string of the molecule is CC.N#Cc1n[nH]c2c(NSc3cncs3)ccc(F)c12. The van der Waals surface area contributed by atoms with Crippen LogP contribution < -0.4 is 4.72 Å². The van der Waals surface area contributed by atoms with Crippen LogP contribution in [0.25, 0.3) is 10.9 Å². The number of aromatic nitrogens is 3. The molecule has 21 heavy (non-hydrogen) atoms. The Morgan fingerprint density at radius 1 is 1.43 bits per heavy atom. The van der Waals surface area contributed by atoms with Gasteiger partial charge in [0.1, 0.15) is 16.1 Å². The van der Waals surface area contributed by atoms with Crippen molar-refractivity contribution in [2.75, 3.05) is 4.72 Å². The Hall–Kier alpha value is -2.11. The standard InChI is InChI=1S/C11H6FN5S2.C2H6/c12-6-1-2-7(17-19-9-4-14-5-18-9)11-10(6)8(3-13)15-16-11;1-2/h1-2,4-5,17H,(H,15,16);1-2H3. The van der Waals surface area contributed by atoms with E-state index in [-0.39, 0.29) is 11.1 Å².